The summed E-state index contributed by atoms with van der Waals surface area (Å²) in [5, 5.41) is 10.6. The molecule has 1 N–H and O–H groups in total. The van der Waals surface area contributed by atoms with E-state index in [-0.39, 0.29) is 24.3 Å². The van der Waals surface area contributed by atoms with E-state index in [1.165, 1.54) is 6.07 Å². The van der Waals surface area contributed by atoms with Gasteiger partial charge in [0.15, 0.2) is 6.10 Å². The van der Waals surface area contributed by atoms with Gasteiger partial charge in [-0.05, 0) is 44.6 Å². The highest BCUT2D eigenvalue weighted by Crippen LogP contribution is 2.24. The molecule has 1 aliphatic heterocycles. The summed E-state index contributed by atoms with van der Waals surface area (Å²) in [6, 6.07) is 15.4. The molecular weight excluding hydrogens is 331 g/mol. The van der Waals surface area contributed by atoms with Crippen LogP contribution in [0.3, 0.4) is 0 Å². The van der Waals surface area contributed by atoms with Gasteiger partial charge in [-0.15, -0.1) is 0 Å². The van der Waals surface area contributed by atoms with Crippen molar-refractivity contribution in [2.45, 2.75) is 31.5 Å². The van der Waals surface area contributed by atoms with E-state index in [2.05, 4.69) is 11.9 Å². The van der Waals surface area contributed by atoms with Gasteiger partial charge in [0, 0.05) is 18.2 Å². The summed E-state index contributed by atoms with van der Waals surface area (Å²) in [5.74, 6) is -0.693. The van der Waals surface area contributed by atoms with Crippen molar-refractivity contribution in [3.05, 3.63) is 71.5 Å². The van der Waals surface area contributed by atoms with E-state index in [0.29, 0.717) is 11.1 Å². The number of nitrogens with zero attached hydrogens (tertiary/aromatic N) is 2. The number of carbonyl (C=O) groups excluding carboxylic acids is 1. The molecule has 1 aliphatic rings. The third-order valence-electron chi connectivity index (χ3n) is 5.06. The minimum Gasteiger partial charge on any atom is -0.378 e. The number of likely N-dealkylation sites (tertiary alicyclic amines) is 1. The number of halogens is 1. The van der Waals surface area contributed by atoms with Crippen LogP contribution >= 0.6 is 0 Å². The summed E-state index contributed by atoms with van der Waals surface area (Å²) >= 11 is 0. The molecule has 2 aromatic carbocycles. The van der Waals surface area contributed by atoms with Gasteiger partial charge in [-0.2, -0.15) is 0 Å². The number of hydrogen-bond donors (Lipinski definition) is 1. The van der Waals surface area contributed by atoms with Crippen molar-refractivity contribution in [1.82, 2.24) is 9.80 Å². The number of aliphatic hydroxyl groups excluding tert-OH is 1. The summed E-state index contributed by atoms with van der Waals surface area (Å²) < 4.78 is 14.2. The van der Waals surface area contributed by atoms with Crippen molar-refractivity contribution in [2.24, 2.45) is 0 Å². The van der Waals surface area contributed by atoms with E-state index in [4.69, 9.17) is 0 Å². The normalized spacial score (nSPS) is 17.0. The molecule has 0 spiro atoms. The van der Waals surface area contributed by atoms with Gasteiger partial charge in [-0.25, -0.2) is 4.39 Å². The lowest BCUT2D eigenvalue weighted by Crippen LogP contribution is -2.47. The topological polar surface area (TPSA) is 43.8 Å². The van der Waals surface area contributed by atoms with Crippen LogP contribution in [0.4, 0.5) is 4.39 Å². The second kappa shape index (κ2) is 8.43. The predicted molar refractivity (Wildman–Crippen MR) is 98.9 cm³/mol. The molecule has 2 aromatic rings. The van der Waals surface area contributed by atoms with Gasteiger partial charge in [0.05, 0.1) is 0 Å². The number of carbonyl (C=O) groups is 1. The van der Waals surface area contributed by atoms with E-state index in [1.807, 2.05) is 6.07 Å². The minimum atomic E-state index is -1.23. The summed E-state index contributed by atoms with van der Waals surface area (Å²) in [5.41, 5.74) is 1.03. The lowest BCUT2D eigenvalue weighted by Gasteiger charge is -2.38. The molecule has 0 aromatic heterocycles. The largest absolute Gasteiger partial charge is 0.378 e. The Kier molecular flexibility index (Phi) is 6.01. The quantitative estimate of drug-likeness (QED) is 0.896. The fourth-order valence-electron chi connectivity index (χ4n) is 3.44. The second-order valence-corrected chi connectivity index (χ2v) is 6.91. The summed E-state index contributed by atoms with van der Waals surface area (Å²) in [6.45, 7) is 1.93. The van der Waals surface area contributed by atoms with Crippen molar-refractivity contribution in [3.8, 4) is 0 Å². The standard InChI is InChI=1S/C21H25FN2O2/c1-23-13-11-18(12-14-23)24(15-17-9-5-6-10-19(17)22)21(26)20(25)16-7-3-2-4-8-16/h2-10,18,20,25H,11-15H2,1H3. The molecule has 0 bridgehead atoms. The SMILES string of the molecule is CN1CCC(N(Cc2ccccc2F)C(=O)C(O)c2ccccc2)CC1. The highest BCUT2D eigenvalue weighted by atomic mass is 19.1. The van der Waals surface area contributed by atoms with Crippen molar-refractivity contribution >= 4 is 5.91 Å². The molecule has 4 nitrogen and oxygen atoms in total. The number of rotatable bonds is 5. The predicted octanol–water partition coefficient (Wildman–Crippen LogP) is 2.98. The van der Waals surface area contributed by atoms with Crippen LogP contribution in [0, 0.1) is 5.82 Å². The maximum Gasteiger partial charge on any atom is 0.256 e. The van der Waals surface area contributed by atoms with Gasteiger partial charge in [0.2, 0.25) is 0 Å². The highest BCUT2D eigenvalue weighted by molar-refractivity contribution is 5.82. The number of benzene rings is 2. The number of hydrogen-bond acceptors (Lipinski definition) is 3. The Morgan fingerprint density at radius 1 is 1.15 bits per heavy atom. The molecule has 1 fully saturated rings. The van der Waals surface area contributed by atoms with Crippen molar-refractivity contribution in [3.63, 3.8) is 0 Å². The molecule has 0 radical (unpaired) electrons. The molecular formula is C21H25FN2O2. The number of piperidine rings is 1. The van der Waals surface area contributed by atoms with Gasteiger partial charge < -0.3 is 14.9 Å². The third kappa shape index (κ3) is 4.29. The summed E-state index contributed by atoms with van der Waals surface area (Å²) in [7, 11) is 2.05. The molecule has 3 rings (SSSR count). The average Bonchev–Trinajstić information content (AvgIpc) is 2.68. The minimum absolute atomic E-state index is 0.00308. The van der Waals surface area contributed by atoms with Crippen molar-refractivity contribution < 1.29 is 14.3 Å². The lowest BCUT2D eigenvalue weighted by atomic mass is 10.00. The van der Waals surface area contributed by atoms with E-state index in [9.17, 15) is 14.3 Å². The zero-order valence-corrected chi connectivity index (χ0v) is 15.0. The van der Waals surface area contributed by atoms with Crippen molar-refractivity contribution in [2.75, 3.05) is 20.1 Å². The van der Waals surface area contributed by atoms with Crippen LogP contribution in [0.5, 0.6) is 0 Å². The van der Waals surface area contributed by atoms with Gasteiger partial charge in [-0.3, -0.25) is 4.79 Å². The summed E-state index contributed by atoms with van der Waals surface area (Å²) in [4.78, 5) is 17.0. The maximum atomic E-state index is 14.2. The fourth-order valence-corrected chi connectivity index (χ4v) is 3.44. The van der Waals surface area contributed by atoms with Crippen LogP contribution in [-0.2, 0) is 11.3 Å². The molecule has 1 unspecified atom stereocenters. The van der Waals surface area contributed by atoms with Gasteiger partial charge >= 0.3 is 0 Å². The van der Waals surface area contributed by atoms with Crippen LogP contribution in [0.25, 0.3) is 0 Å². The Bertz CT molecular complexity index is 730. The average molecular weight is 356 g/mol. The van der Waals surface area contributed by atoms with E-state index < -0.39 is 6.10 Å². The Morgan fingerprint density at radius 2 is 1.77 bits per heavy atom. The van der Waals surface area contributed by atoms with Gasteiger partial charge in [0.25, 0.3) is 5.91 Å². The first kappa shape index (κ1) is 18.5. The van der Waals surface area contributed by atoms with E-state index >= 15 is 0 Å². The maximum absolute atomic E-state index is 14.2. The van der Waals surface area contributed by atoms with E-state index in [0.717, 1.165) is 25.9 Å². The zero-order chi connectivity index (χ0) is 18.5. The Labute approximate surface area is 153 Å². The smallest absolute Gasteiger partial charge is 0.256 e. The van der Waals surface area contributed by atoms with Crippen LogP contribution in [-0.4, -0.2) is 47.0 Å². The molecule has 5 heteroatoms. The zero-order valence-electron chi connectivity index (χ0n) is 15.0. The second-order valence-electron chi connectivity index (χ2n) is 6.91. The van der Waals surface area contributed by atoms with Crippen LogP contribution < -0.4 is 0 Å². The summed E-state index contributed by atoms with van der Waals surface area (Å²) in [6.07, 6.45) is 0.402. The first-order valence-corrected chi connectivity index (χ1v) is 9.01. The third-order valence-corrected chi connectivity index (χ3v) is 5.06. The van der Waals surface area contributed by atoms with Gasteiger partial charge in [-0.1, -0.05) is 48.5 Å². The van der Waals surface area contributed by atoms with Crippen LogP contribution in [0.15, 0.2) is 54.6 Å². The van der Waals surface area contributed by atoms with Crippen molar-refractivity contribution in [1.29, 1.82) is 0 Å². The molecule has 0 aliphatic carbocycles. The molecule has 138 valence electrons. The highest BCUT2D eigenvalue weighted by Gasteiger charge is 2.31. The first-order valence-electron chi connectivity index (χ1n) is 9.01. The molecule has 1 heterocycles. The lowest BCUT2D eigenvalue weighted by molar-refractivity contribution is -0.144. The monoisotopic (exact) mass is 356 g/mol. The fraction of sp³-hybridized carbons (Fsp3) is 0.381. The number of aliphatic hydroxyl groups is 1. The molecule has 26 heavy (non-hydrogen) atoms. The Morgan fingerprint density at radius 3 is 2.42 bits per heavy atom. The molecule has 1 atom stereocenters. The van der Waals surface area contributed by atoms with Crippen LogP contribution in [0.2, 0.25) is 0 Å². The first-order chi connectivity index (χ1) is 12.6. The Balaban J connectivity index is 1.84. The van der Waals surface area contributed by atoms with Crippen LogP contribution in [0.1, 0.15) is 30.1 Å². The van der Waals surface area contributed by atoms with E-state index in [1.54, 1.807) is 47.4 Å². The number of amides is 1. The molecule has 1 amide bonds. The molecule has 0 saturated carbocycles. The molecule has 1 saturated heterocycles. The Hall–Kier alpha value is -2.24. The van der Waals surface area contributed by atoms with Gasteiger partial charge in [0.1, 0.15) is 5.82 Å².